The zero-order valence-electron chi connectivity index (χ0n) is 15.8. The summed E-state index contributed by atoms with van der Waals surface area (Å²) in [5.41, 5.74) is -1.22. The van der Waals surface area contributed by atoms with Crippen molar-refractivity contribution in [2.24, 2.45) is 5.92 Å². The van der Waals surface area contributed by atoms with Gasteiger partial charge in [-0.05, 0) is 26.7 Å². The van der Waals surface area contributed by atoms with Crippen molar-refractivity contribution in [3.05, 3.63) is 32.6 Å². The topological polar surface area (TPSA) is 120 Å². The fourth-order valence-electron chi connectivity index (χ4n) is 3.12. The third kappa shape index (κ3) is 4.75. The Bertz CT molecular complexity index is 801. The molecule has 0 saturated carbocycles. The lowest BCUT2D eigenvalue weighted by Gasteiger charge is -2.26. The molecular weight excluding hydrogens is 382 g/mol. The molecule has 0 aliphatic carbocycles. The molecule has 1 fully saturated rings. The maximum atomic E-state index is 14.7. The molecule has 1 aliphatic heterocycles. The quantitative estimate of drug-likeness (QED) is 0.623. The Morgan fingerprint density at radius 2 is 1.96 bits per heavy atom. The monoisotopic (exact) mass is 408 g/mol. The first-order valence-electron chi connectivity index (χ1n) is 8.81. The minimum atomic E-state index is -3.42. The summed E-state index contributed by atoms with van der Waals surface area (Å²) in [6.07, 6.45) is -4.77. The van der Waals surface area contributed by atoms with Gasteiger partial charge >= 0.3 is 13.3 Å². The lowest BCUT2D eigenvalue weighted by Crippen LogP contribution is -2.37. The van der Waals surface area contributed by atoms with E-state index in [0.717, 1.165) is 4.57 Å². The van der Waals surface area contributed by atoms with Gasteiger partial charge in [-0.15, -0.1) is 0 Å². The number of alkyl halides is 1. The maximum Gasteiger partial charge on any atom is 0.331 e. The molecule has 1 aromatic rings. The van der Waals surface area contributed by atoms with Crippen molar-refractivity contribution in [3.63, 3.8) is 0 Å². The average molecular weight is 408 g/mol. The molecule has 11 heteroatoms. The normalized spacial score (nSPS) is 27.0. The van der Waals surface area contributed by atoms with Crippen LogP contribution in [-0.4, -0.2) is 52.4 Å². The molecule has 1 aliphatic rings. The van der Waals surface area contributed by atoms with Crippen LogP contribution in [0, 0.1) is 12.8 Å². The lowest BCUT2D eigenvalue weighted by atomic mass is 10.0. The van der Waals surface area contributed by atoms with Gasteiger partial charge in [0.1, 0.15) is 6.10 Å². The van der Waals surface area contributed by atoms with E-state index in [2.05, 4.69) is 4.98 Å². The SMILES string of the molecule is CCOP(=O)(C[C@@H](C)[C@H]1O[C@@H](n2cc(C)c(=O)[nH]c2=O)[C@H](F)[C@@H]1O)OCC. The molecule has 2 heterocycles. The number of hydrogen-bond donors (Lipinski definition) is 2. The van der Waals surface area contributed by atoms with Gasteiger partial charge in [0.05, 0.1) is 25.5 Å². The standard InChI is InChI=1S/C16H26FN2O7P/c1-5-24-27(23,25-6-2)8-10(4)13-12(20)11(17)15(26-13)19-7-9(3)14(21)18-16(19)22/h7,10-13,15,20H,5-6,8H2,1-4H3,(H,18,21,22)/t10-,11-,12+,13-,15-/m1/s1. The van der Waals surface area contributed by atoms with Crippen molar-refractivity contribution in [1.82, 2.24) is 9.55 Å². The summed E-state index contributed by atoms with van der Waals surface area (Å²) in [5, 5.41) is 10.3. The van der Waals surface area contributed by atoms with Crippen LogP contribution in [0.1, 0.15) is 32.6 Å². The van der Waals surface area contributed by atoms with E-state index < -0.39 is 49.4 Å². The predicted molar refractivity (Wildman–Crippen MR) is 95.8 cm³/mol. The van der Waals surface area contributed by atoms with Crippen LogP contribution in [0.25, 0.3) is 0 Å². The summed E-state index contributed by atoms with van der Waals surface area (Å²) in [5.74, 6) is -0.577. The Morgan fingerprint density at radius 3 is 2.52 bits per heavy atom. The van der Waals surface area contributed by atoms with Crippen LogP contribution >= 0.6 is 7.60 Å². The number of aromatic nitrogens is 2. The van der Waals surface area contributed by atoms with E-state index >= 15 is 0 Å². The number of aryl methyl sites for hydroxylation is 1. The molecule has 0 radical (unpaired) electrons. The smallest absolute Gasteiger partial charge is 0.331 e. The van der Waals surface area contributed by atoms with Gasteiger partial charge in [0.15, 0.2) is 12.4 Å². The number of aliphatic hydroxyl groups excluding tert-OH is 1. The van der Waals surface area contributed by atoms with Crippen molar-refractivity contribution in [2.75, 3.05) is 19.4 Å². The largest absolute Gasteiger partial charge is 0.387 e. The Labute approximate surface area is 156 Å². The van der Waals surface area contributed by atoms with Crippen LogP contribution in [-0.2, 0) is 18.3 Å². The molecule has 154 valence electrons. The van der Waals surface area contributed by atoms with Crippen LogP contribution in [0.15, 0.2) is 15.8 Å². The molecule has 9 nitrogen and oxygen atoms in total. The minimum Gasteiger partial charge on any atom is -0.387 e. The Kier molecular flexibility index (Phi) is 7.15. The van der Waals surface area contributed by atoms with Gasteiger partial charge in [0, 0.05) is 11.8 Å². The molecule has 5 atom stereocenters. The van der Waals surface area contributed by atoms with Crippen LogP contribution in [0.2, 0.25) is 0 Å². The van der Waals surface area contributed by atoms with Crippen molar-refractivity contribution in [2.45, 2.75) is 52.3 Å². The zero-order valence-corrected chi connectivity index (χ0v) is 16.6. The van der Waals surface area contributed by atoms with E-state index in [9.17, 15) is 23.7 Å². The number of aliphatic hydroxyl groups is 1. The highest BCUT2D eigenvalue weighted by Crippen LogP contribution is 2.51. The second kappa shape index (κ2) is 8.79. The fourth-order valence-corrected chi connectivity index (χ4v) is 5.11. The Morgan fingerprint density at radius 1 is 1.37 bits per heavy atom. The molecule has 1 aromatic heterocycles. The molecule has 27 heavy (non-hydrogen) atoms. The summed E-state index contributed by atoms with van der Waals surface area (Å²) in [6.45, 7) is 6.81. The first-order valence-corrected chi connectivity index (χ1v) is 10.5. The first-order chi connectivity index (χ1) is 12.6. The van der Waals surface area contributed by atoms with Crippen molar-refractivity contribution in [1.29, 1.82) is 0 Å². The number of ether oxygens (including phenoxy) is 1. The van der Waals surface area contributed by atoms with Crippen LogP contribution in [0.4, 0.5) is 4.39 Å². The molecule has 0 bridgehead atoms. The highest BCUT2D eigenvalue weighted by Gasteiger charge is 2.49. The second-order valence-electron chi connectivity index (χ2n) is 6.51. The summed E-state index contributed by atoms with van der Waals surface area (Å²) in [7, 11) is -3.42. The fraction of sp³-hybridized carbons (Fsp3) is 0.750. The minimum absolute atomic E-state index is 0.0740. The van der Waals surface area contributed by atoms with E-state index in [1.807, 2.05) is 0 Å². The van der Waals surface area contributed by atoms with Gasteiger partial charge < -0.3 is 18.9 Å². The van der Waals surface area contributed by atoms with E-state index in [0.29, 0.717) is 0 Å². The molecule has 2 rings (SSSR count). The summed E-state index contributed by atoms with van der Waals surface area (Å²) in [4.78, 5) is 25.6. The van der Waals surface area contributed by atoms with E-state index in [-0.39, 0.29) is 24.9 Å². The molecule has 1 saturated heterocycles. The van der Waals surface area contributed by atoms with Crippen LogP contribution in [0.3, 0.4) is 0 Å². The summed E-state index contributed by atoms with van der Waals surface area (Å²) >= 11 is 0. The molecule has 2 N–H and O–H groups in total. The Hall–Kier alpha value is -1.32. The predicted octanol–water partition coefficient (Wildman–Crippen LogP) is 1.34. The van der Waals surface area contributed by atoms with Crippen LogP contribution in [0.5, 0.6) is 0 Å². The van der Waals surface area contributed by atoms with Crippen molar-refractivity contribution < 1.29 is 27.8 Å². The van der Waals surface area contributed by atoms with Gasteiger partial charge in [-0.3, -0.25) is 18.9 Å². The van der Waals surface area contributed by atoms with Gasteiger partial charge in [-0.2, -0.15) is 0 Å². The third-order valence-electron chi connectivity index (χ3n) is 4.38. The number of rotatable bonds is 8. The van der Waals surface area contributed by atoms with Crippen LogP contribution < -0.4 is 11.2 Å². The van der Waals surface area contributed by atoms with Crippen molar-refractivity contribution >= 4 is 7.60 Å². The van der Waals surface area contributed by atoms with Gasteiger partial charge in [-0.25, -0.2) is 9.18 Å². The average Bonchev–Trinajstić information content (AvgIpc) is 2.87. The van der Waals surface area contributed by atoms with E-state index in [1.54, 1.807) is 20.8 Å². The highest BCUT2D eigenvalue weighted by atomic mass is 31.2. The summed E-state index contributed by atoms with van der Waals surface area (Å²) < 4.78 is 44.3. The van der Waals surface area contributed by atoms with E-state index in [1.165, 1.54) is 13.1 Å². The number of hydrogen-bond acceptors (Lipinski definition) is 7. The molecule has 0 unspecified atom stereocenters. The van der Waals surface area contributed by atoms with Gasteiger partial charge in [0.25, 0.3) is 5.56 Å². The number of halogens is 1. The summed E-state index contributed by atoms with van der Waals surface area (Å²) in [6, 6.07) is 0. The molecular formula is C16H26FN2O7P. The lowest BCUT2D eigenvalue weighted by molar-refractivity contribution is -0.0471. The number of H-pyrrole nitrogens is 1. The van der Waals surface area contributed by atoms with Gasteiger partial charge in [-0.1, -0.05) is 6.92 Å². The van der Waals surface area contributed by atoms with E-state index in [4.69, 9.17) is 13.8 Å². The second-order valence-corrected chi connectivity index (χ2v) is 8.61. The Balaban J connectivity index is 2.23. The van der Waals surface area contributed by atoms with Crippen molar-refractivity contribution in [3.8, 4) is 0 Å². The number of nitrogens with zero attached hydrogens (tertiary/aromatic N) is 1. The zero-order chi connectivity index (χ0) is 20.4. The molecule has 0 spiro atoms. The first kappa shape index (κ1) is 22.0. The highest BCUT2D eigenvalue weighted by molar-refractivity contribution is 7.53. The van der Waals surface area contributed by atoms with Gasteiger partial charge in [0.2, 0.25) is 0 Å². The number of nitrogens with one attached hydrogen (secondary N) is 1. The maximum absolute atomic E-state index is 14.7. The number of aromatic amines is 1. The third-order valence-corrected chi connectivity index (χ3v) is 6.70. The molecule has 0 amide bonds. The molecule has 0 aromatic carbocycles.